The van der Waals surface area contributed by atoms with E-state index in [0.717, 1.165) is 62.5 Å². The molecular formula is C27H48N4S. The average Bonchev–Trinajstić information content (AvgIpc) is 2.78. The van der Waals surface area contributed by atoms with E-state index in [1.165, 1.54) is 12.1 Å². The first-order chi connectivity index (χ1) is 15.6. The van der Waals surface area contributed by atoms with E-state index >= 15 is 0 Å². The quantitative estimate of drug-likeness (QED) is 0.127. The lowest BCUT2D eigenvalue weighted by Gasteiger charge is -2.30. The molecule has 0 fully saturated rings. The van der Waals surface area contributed by atoms with Gasteiger partial charge in [-0.1, -0.05) is 49.1 Å². The van der Waals surface area contributed by atoms with Gasteiger partial charge < -0.3 is 21.7 Å². The third-order valence-corrected chi connectivity index (χ3v) is 5.74. The van der Waals surface area contributed by atoms with Crippen LogP contribution in [-0.2, 0) is 0 Å². The van der Waals surface area contributed by atoms with Crippen LogP contribution in [-0.4, -0.2) is 48.6 Å². The molecule has 0 bridgehead atoms. The Balaban J connectivity index is 5.47. The number of nitrogens with two attached hydrogens (primary N) is 2. The fraction of sp³-hybridized carbons (Fsp3) is 0.556. The van der Waals surface area contributed by atoms with E-state index in [1.54, 1.807) is 0 Å². The van der Waals surface area contributed by atoms with Gasteiger partial charge in [0, 0.05) is 42.8 Å². The van der Waals surface area contributed by atoms with Gasteiger partial charge in [-0.25, -0.2) is 0 Å². The van der Waals surface area contributed by atoms with Crippen LogP contribution in [0.25, 0.3) is 0 Å². The first-order valence-electron chi connectivity index (χ1n) is 12.1. The van der Waals surface area contributed by atoms with Gasteiger partial charge in [0.05, 0.1) is 0 Å². The summed E-state index contributed by atoms with van der Waals surface area (Å²) in [6, 6.07) is 0.377. The standard InChI is InChI=1S/C27H48N4S/c1-5-7-9-11-17-27(31(21-19-29)25(3)4)24-26(30-20-13-10-8-6-2)16-15-23-32-22-14-12-18-28/h5-9,15-17,24-25,30H,1,10-14,18-23,28-29H2,2-4H3/b8-6-,9-7-,16-15-,26-24+,27-17-. The van der Waals surface area contributed by atoms with Gasteiger partial charge in [0.25, 0.3) is 0 Å². The van der Waals surface area contributed by atoms with Gasteiger partial charge in [0.15, 0.2) is 0 Å². The Hall–Kier alpha value is -1.69. The van der Waals surface area contributed by atoms with Crippen molar-refractivity contribution in [2.75, 3.05) is 37.7 Å². The Kier molecular flexibility index (Phi) is 21.3. The molecule has 5 heteroatoms. The van der Waals surface area contributed by atoms with Gasteiger partial charge in [-0.2, -0.15) is 11.8 Å². The molecule has 0 aromatic carbocycles. The summed E-state index contributed by atoms with van der Waals surface area (Å²) in [6.45, 7) is 13.5. The second kappa shape index (κ2) is 22.5. The van der Waals surface area contributed by atoms with Crippen LogP contribution >= 0.6 is 11.8 Å². The molecule has 182 valence electrons. The molecule has 0 heterocycles. The molecule has 0 aromatic heterocycles. The van der Waals surface area contributed by atoms with Crippen LogP contribution < -0.4 is 16.8 Å². The molecule has 4 nitrogen and oxygen atoms in total. The highest BCUT2D eigenvalue weighted by molar-refractivity contribution is 7.99. The Labute approximate surface area is 202 Å². The van der Waals surface area contributed by atoms with E-state index in [0.29, 0.717) is 12.6 Å². The molecule has 0 rings (SSSR count). The molecule has 0 aliphatic heterocycles. The van der Waals surface area contributed by atoms with Crippen molar-refractivity contribution in [2.45, 2.75) is 58.9 Å². The largest absolute Gasteiger partial charge is 0.385 e. The third-order valence-electron chi connectivity index (χ3n) is 4.73. The highest BCUT2D eigenvalue weighted by Crippen LogP contribution is 2.15. The molecule has 0 unspecified atom stereocenters. The van der Waals surface area contributed by atoms with Crippen LogP contribution in [0.3, 0.4) is 0 Å². The lowest BCUT2D eigenvalue weighted by Crippen LogP contribution is -2.34. The molecule has 0 amide bonds. The Bertz CT molecular complexity index is 603. The minimum atomic E-state index is 0.377. The van der Waals surface area contributed by atoms with Crippen molar-refractivity contribution >= 4 is 11.8 Å². The van der Waals surface area contributed by atoms with Crippen LogP contribution in [0.1, 0.15) is 52.9 Å². The molecule has 5 N–H and O–H groups in total. The van der Waals surface area contributed by atoms with Crippen LogP contribution in [0, 0.1) is 0 Å². The number of hydrogen-bond donors (Lipinski definition) is 3. The third kappa shape index (κ3) is 16.9. The van der Waals surface area contributed by atoms with Crippen LogP contribution in [0.4, 0.5) is 0 Å². The second-order valence-corrected chi connectivity index (χ2v) is 8.96. The Morgan fingerprint density at radius 2 is 1.91 bits per heavy atom. The van der Waals surface area contributed by atoms with E-state index in [9.17, 15) is 0 Å². The van der Waals surface area contributed by atoms with Crippen molar-refractivity contribution in [2.24, 2.45) is 11.5 Å². The zero-order valence-electron chi connectivity index (χ0n) is 20.8. The molecular weight excluding hydrogens is 412 g/mol. The first kappa shape index (κ1) is 30.3. The smallest absolute Gasteiger partial charge is 0.0357 e. The number of thioether (sulfide) groups is 1. The van der Waals surface area contributed by atoms with Crippen molar-refractivity contribution in [1.29, 1.82) is 0 Å². The molecule has 32 heavy (non-hydrogen) atoms. The minimum absolute atomic E-state index is 0.377. The zero-order chi connectivity index (χ0) is 23.9. The van der Waals surface area contributed by atoms with Gasteiger partial charge >= 0.3 is 0 Å². The maximum Gasteiger partial charge on any atom is 0.0357 e. The minimum Gasteiger partial charge on any atom is -0.385 e. The van der Waals surface area contributed by atoms with Crippen molar-refractivity contribution in [1.82, 2.24) is 10.2 Å². The van der Waals surface area contributed by atoms with E-state index in [2.05, 4.69) is 80.1 Å². The maximum absolute atomic E-state index is 5.92. The lowest BCUT2D eigenvalue weighted by molar-refractivity contribution is 0.299. The summed E-state index contributed by atoms with van der Waals surface area (Å²) in [5, 5.41) is 3.64. The molecule has 0 aromatic rings. The summed E-state index contributed by atoms with van der Waals surface area (Å²) in [5.74, 6) is 2.18. The predicted molar refractivity (Wildman–Crippen MR) is 148 cm³/mol. The van der Waals surface area contributed by atoms with E-state index in [1.807, 2.05) is 23.9 Å². The topological polar surface area (TPSA) is 67.3 Å². The average molecular weight is 461 g/mol. The van der Waals surface area contributed by atoms with Gasteiger partial charge in [-0.15, -0.1) is 0 Å². The summed E-state index contributed by atoms with van der Waals surface area (Å²) in [7, 11) is 0. The summed E-state index contributed by atoms with van der Waals surface area (Å²) >= 11 is 1.96. The molecule has 0 saturated carbocycles. The van der Waals surface area contributed by atoms with E-state index in [4.69, 9.17) is 11.5 Å². The highest BCUT2D eigenvalue weighted by Gasteiger charge is 2.11. The number of hydrogen-bond acceptors (Lipinski definition) is 5. The summed E-state index contributed by atoms with van der Waals surface area (Å²) in [6.07, 6.45) is 24.6. The number of unbranched alkanes of at least 4 members (excludes halogenated alkanes) is 2. The maximum atomic E-state index is 5.92. The molecule has 0 saturated heterocycles. The van der Waals surface area contributed by atoms with Gasteiger partial charge in [-0.05, 0) is 77.3 Å². The van der Waals surface area contributed by atoms with Gasteiger partial charge in [0.2, 0.25) is 0 Å². The van der Waals surface area contributed by atoms with Gasteiger partial charge in [-0.3, -0.25) is 0 Å². The number of nitrogens with zero attached hydrogens (tertiary/aromatic N) is 1. The number of nitrogens with one attached hydrogen (secondary N) is 1. The fourth-order valence-corrected chi connectivity index (χ4v) is 3.87. The van der Waals surface area contributed by atoms with Crippen LogP contribution in [0.15, 0.2) is 72.7 Å². The summed E-state index contributed by atoms with van der Waals surface area (Å²) in [5.41, 5.74) is 13.9. The van der Waals surface area contributed by atoms with Crippen molar-refractivity contribution < 1.29 is 0 Å². The summed E-state index contributed by atoms with van der Waals surface area (Å²) in [4.78, 5) is 2.37. The van der Waals surface area contributed by atoms with E-state index in [-0.39, 0.29) is 0 Å². The Morgan fingerprint density at radius 3 is 2.56 bits per heavy atom. The zero-order valence-corrected chi connectivity index (χ0v) is 21.6. The van der Waals surface area contributed by atoms with Crippen LogP contribution in [0.2, 0.25) is 0 Å². The van der Waals surface area contributed by atoms with Crippen molar-refractivity contribution in [3.05, 3.63) is 72.7 Å². The first-order valence-corrected chi connectivity index (χ1v) is 13.2. The second-order valence-electron chi connectivity index (χ2n) is 7.82. The molecule has 0 radical (unpaired) electrons. The molecule has 0 aliphatic rings. The molecule has 0 aliphatic carbocycles. The monoisotopic (exact) mass is 460 g/mol. The van der Waals surface area contributed by atoms with Crippen molar-refractivity contribution in [3.8, 4) is 0 Å². The molecule has 0 spiro atoms. The summed E-state index contributed by atoms with van der Waals surface area (Å²) < 4.78 is 0. The lowest BCUT2D eigenvalue weighted by atomic mass is 10.2. The molecule has 0 atom stereocenters. The van der Waals surface area contributed by atoms with Crippen molar-refractivity contribution in [3.63, 3.8) is 0 Å². The van der Waals surface area contributed by atoms with Gasteiger partial charge in [0.1, 0.15) is 0 Å². The number of allylic oxidation sites excluding steroid dienone is 8. The predicted octanol–water partition coefficient (Wildman–Crippen LogP) is 5.53. The normalized spacial score (nSPS) is 13.2. The highest BCUT2D eigenvalue weighted by atomic mass is 32.2. The SMILES string of the molecule is C=C/C=C\C/C=C(/C=C(\C=C/CSCCCCN)NCCC/C=C\C)N(CCN)C(C)C. The fourth-order valence-electron chi connectivity index (χ4n) is 3.06. The number of rotatable bonds is 20. The Morgan fingerprint density at radius 1 is 1.09 bits per heavy atom. The van der Waals surface area contributed by atoms with Crippen LogP contribution in [0.5, 0.6) is 0 Å². The van der Waals surface area contributed by atoms with E-state index < -0.39 is 0 Å².